The summed E-state index contributed by atoms with van der Waals surface area (Å²) in [6.07, 6.45) is 7.29. The molecule has 1 unspecified atom stereocenters. The van der Waals surface area contributed by atoms with Crippen molar-refractivity contribution >= 4 is 15.9 Å². The first-order valence-electron chi connectivity index (χ1n) is 9.54. The number of amides is 1. The second kappa shape index (κ2) is 8.44. The Morgan fingerprint density at radius 3 is 2.71 bits per heavy atom. The largest absolute Gasteiger partial charge is 0.356 e. The smallest absolute Gasteiger partial charge is 0.246 e. The molecule has 10 heteroatoms. The molecule has 1 saturated heterocycles. The topological polar surface area (TPSA) is 102 Å². The molecule has 1 atom stereocenters. The minimum atomic E-state index is -3.64. The number of rotatable bonds is 7. The van der Waals surface area contributed by atoms with Crippen molar-refractivity contribution in [3.63, 3.8) is 0 Å². The van der Waals surface area contributed by atoms with Gasteiger partial charge in [0.2, 0.25) is 15.9 Å². The van der Waals surface area contributed by atoms with Crippen molar-refractivity contribution in [2.45, 2.75) is 44.6 Å². The van der Waals surface area contributed by atoms with E-state index in [4.69, 9.17) is 0 Å². The summed E-state index contributed by atoms with van der Waals surface area (Å²) >= 11 is 0. The first-order valence-corrected chi connectivity index (χ1v) is 11.0. The molecule has 2 aromatic heterocycles. The van der Waals surface area contributed by atoms with Crippen LogP contribution in [-0.2, 0) is 28.4 Å². The van der Waals surface area contributed by atoms with Crippen LogP contribution in [0.15, 0.2) is 23.5 Å². The Morgan fingerprint density at radius 1 is 1.29 bits per heavy atom. The molecule has 2 aromatic rings. The van der Waals surface area contributed by atoms with E-state index in [2.05, 4.69) is 15.5 Å². The van der Waals surface area contributed by atoms with Gasteiger partial charge in [0, 0.05) is 39.4 Å². The summed E-state index contributed by atoms with van der Waals surface area (Å²) in [5.41, 5.74) is 1.71. The zero-order valence-corrected chi connectivity index (χ0v) is 17.4. The van der Waals surface area contributed by atoms with Crippen LogP contribution in [0.4, 0.5) is 0 Å². The first kappa shape index (κ1) is 20.5. The van der Waals surface area contributed by atoms with Gasteiger partial charge in [-0.25, -0.2) is 8.42 Å². The maximum absolute atomic E-state index is 12.9. The molecule has 154 valence electrons. The lowest BCUT2D eigenvalue weighted by atomic mass is 9.99. The zero-order chi connectivity index (χ0) is 20.3. The number of sulfonamides is 1. The molecular weight excluding hydrogens is 380 g/mol. The highest BCUT2D eigenvalue weighted by atomic mass is 32.2. The second-order valence-electron chi connectivity index (χ2n) is 7.35. The summed E-state index contributed by atoms with van der Waals surface area (Å²) in [6.45, 7) is 5.64. The van der Waals surface area contributed by atoms with E-state index in [1.54, 1.807) is 24.9 Å². The molecule has 0 aliphatic carbocycles. The van der Waals surface area contributed by atoms with Gasteiger partial charge >= 0.3 is 0 Å². The van der Waals surface area contributed by atoms with Gasteiger partial charge in [-0.15, -0.1) is 0 Å². The van der Waals surface area contributed by atoms with Gasteiger partial charge in [0.15, 0.2) is 0 Å². The quantitative estimate of drug-likeness (QED) is 0.684. The Morgan fingerprint density at radius 2 is 2.07 bits per heavy atom. The van der Waals surface area contributed by atoms with E-state index >= 15 is 0 Å². The fourth-order valence-corrected chi connectivity index (χ4v) is 5.14. The van der Waals surface area contributed by atoms with Gasteiger partial charge in [-0.3, -0.25) is 14.2 Å². The monoisotopic (exact) mass is 408 g/mol. The van der Waals surface area contributed by atoms with Gasteiger partial charge in [0.25, 0.3) is 0 Å². The number of carbonyl (C=O) groups excluding carboxylic acids is 1. The molecule has 0 saturated carbocycles. The Balaban J connectivity index is 1.53. The van der Waals surface area contributed by atoms with Crippen LogP contribution in [0.5, 0.6) is 0 Å². The number of hydrogen-bond acceptors (Lipinski definition) is 5. The maximum atomic E-state index is 12.9. The van der Waals surface area contributed by atoms with Crippen LogP contribution in [0.25, 0.3) is 0 Å². The molecule has 1 aliphatic rings. The number of nitrogens with one attached hydrogen (secondary N) is 1. The summed E-state index contributed by atoms with van der Waals surface area (Å²) in [7, 11) is -1.93. The number of carbonyl (C=O) groups is 1. The summed E-state index contributed by atoms with van der Waals surface area (Å²) in [4.78, 5) is 12.7. The highest BCUT2D eigenvalue weighted by Gasteiger charge is 2.34. The molecule has 1 fully saturated rings. The van der Waals surface area contributed by atoms with Gasteiger partial charge in [0.05, 0.1) is 24.0 Å². The maximum Gasteiger partial charge on any atom is 0.246 e. The van der Waals surface area contributed by atoms with Crippen molar-refractivity contribution in [3.8, 4) is 0 Å². The van der Waals surface area contributed by atoms with Gasteiger partial charge in [-0.05, 0) is 38.7 Å². The van der Waals surface area contributed by atoms with Crippen molar-refractivity contribution in [3.05, 3.63) is 29.8 Å². The van der Waals surface area contributed by atoms with E-state index in [1.165, 1.54) is 10.5 Å². The van der Waals surface area contributed by atoms with E-state index in [-0.39, 0.29) is 23.3 Å². The predicted molar refractivity (Wildman–Crippen MR) is 104 cm³/mol. The lowest BCUT2D eigenvalue weighted by Gasteiger charge is -2.31. The average molecular weight is 409 g/mol. The Labute approximate surface area is 165 Å². The van der Waals surface area contributed by atoms with Crippen LogP contribution in [-0.4, -0.2) is 57.8 Å². The van der Waals surface area contributed by atoms with Crippen LogP contribution in [0.2, 0.25) is 0 Å². The van der Waals surface area contributed by atoms with E-state index in [0.717, 1.165) is 18.5 Å². The van der Waals surface area contributed by atoms with Crippen LogP contribution < -0.4 is 5.32 Å². The highest BCUT2D eigenvalue weighted by molar-refractivity contribution is 7.89. The Hall–Kier alpha value is -2.20. The first-order chi connectivity index (χ1) is 13.3. The summed E-state index contributed by atoms with van der Waals surface area (Å²) in [6, 6.07) is 0. The molecule has 1 amide bonds. The predicted octanol–water partition coefficient (Wildman–Crippen LogP) is 0.841. The fourth-order valence-electron chi connectivity index (χ4n) is 3.43. The lowest BCUT2D eigenvalue weighted by Crippen LogP contribution is -2.45. The third-order valence-electron chi connectivity index (χ3n) is 5.19. The normalized spacial score (nSPS) is 18.3. The SMILES string of the molecule is Cc1cnn(CCCNC(=O)C2CCCN(S(=O)(=O)c3cnn(C)c3C)C2)c1. The van der Waals surface area contributed by atoms with Gasteiger partial charge < -0.3 is 5.32 Å². The average Bonchev–Trinajstić information content (AvgIpc) is 3.24. The third-order valence-corrected chi connectivity index (χ3v) is 7.16. The minimum Gasteiger partial charge on any atom is -0.356 e. The molecule has 3 rings (SSSR count). The van der Waals surface area contributed by atoms with Crippen LogP contribution in [0.3, 0.4) is 0 Å². The summed E-state index contributed by atoms with van der Waals surface area (Å²) in [5.74, 6) is -0.410. The van der Waals surface area contributed by atoms with Crippen molar-refractivity contribution < 1.29 is 13.2 Å². The number of piperidine rings is 1. The number of nitrogens with zero attached hydrogens (tertiary/aromatic N) is 5. The number of hydrogen-bond donors (Lipinski definition) is 1. The molecule has 0 aromatic carbocycles. The van der Waals surface area contributed by atoms with Gasteiger partial charge in [0.1, 0.15) is 4.90 Å². The molecular formula is C18H28N6O3S. The molecule has 1 N–H and O–H groups in total. The van der Waals surface area contributed by atoms with Crippen molar-refractivity contribution in [2.75, 3.05) is 19.6 Å². The van der Waals surface area contributed by atoms with E-state index < -0.39 is 10.0 Å². The third kappa shape index (κ3) is 4.44. The van der Waals surface area contributed by atoms with Gasteiger partial charge in [-0.2, -0.15) is 14.5 Å². The molecule has 9 nitrogen and oxygen atoms in total. The summed E-state index contributed by atoms with van der Waals surface area (Å²) in [5, 5.41) is 11.2. The second-order valence-corrected chi connectivity index (χ2v) is 9.25. The molecule has 0 bridgehead atoms. The fraction of sp³-hybridized carbons (Fsp3) is 0.611. The number of aryl methyl sites for hydroxylation is 3. The molecule has 3 heterocycles. The van der Waals surface area contributed by atoms with E-state index in [1.807, 2.05) is 17.8 Å². The standard InChI is InChI=1S/C18H28N6O3S/c1-14-10-21-23(12-14)8-5-7-19-18(25)16-6-4-9-24(13-16)28(26,27)17-11-20-22(3)15(17)2/h10-12,16H,4-9,13H2,1-3H3,(H,19,25). The molecule has 1 aliphatic heterocycles. The number of aromatic nitrogens is 4. The van der Waals surface area contributed by atoms with E-state index in [0.29, 0.717) is 31.6 Å². The zero-order valence-electron chi connectivity index (χ0n) is 16.6. The van der Waals surface area contributed by atoms with Crippen LogP contribution >= 0.6 is 0 Å². The Kier molecular flexibility index (Phi) is 6.19. The van der Waals surface area contributed by atoms with Crippen molar-refractivity contribution in [1.29, 1.82) is 0 Å². The lowest BCUT2D eigenvalue weighted by molar-refractivity contribution is -0.126. The summed E-state index contributed by atoms with van der Waals surface area (Å²) < 4.78 is 30.7. The van der Waals surface area contributed by atoms with E-state index in [9.17, 15) is 13.2 Å². The van der Waals surface area contributed by atoms with Crippen LogP contribution in [0, 0.1) is 19.8 Å². The Bertz CT molecular complexity index is 933. The highest BCUT2D eigenvalue weighted by Crippen LogP contribution is 2.25. The molecule has 0 radical (unpaired) electrons. The molecule has 0 spiro atoms. The molecule has 28 heavy (non-hydrogen) atoms. The minimum absolute atomic E-state index is 0.0838. The van der Waals surface area contributed by atoms with Crippen LogP contribution in [0.1, 0.15) is 30.5 Å². The van der Waals surface area contributed by atoms with Crippen molar-refractivity contribution in [2.24, 2.45) is 13.0 Å². The van der Waals surface area contributed by atoms with Crippen molar-refractivity contribution in [1.82, 2.24) is 29.2 Å². The van der Waals surface area contributed by atoms with Gasteiger partial charge in [-0.1, -0.05) is 0 Å².